The smallest absolute Gasteiger partial charge is 0.190 e. The van der Waals surface area contributed by atoms with Gasteiger partial charge >= 0.3 is 0 Å². The Morgan fingerprint density at radius 1 is 1.15 bits per heavy atom. The van der Waals surface area contributed by atoms with Gasteiger partial charge in [0.15, 0.2) is 17.2 Å². The third kappa shape index (κ3) is 3.69. The normalized spacial score (nSPS) is 22.8. The quantitative estimate of drug-likeness (QED) is 0.402. The maximum atomic E-state index is 6.48. The Bertz CT molecular complexity index is 843. The van der Waals surface area contributed by atoms with E-state index in [1.165, 1.54) is 36.7 Å². The summed E-state index contributed by atoms with van der Waals surface area (Å²) in [5.41, 5.74) is 2.31. The van der Waals surface area contributed by atoms with Crippen LogP contribution in [0.2, 0.25) is 5.15 Å². The summed E-state index contributed by atoms with van der Waals surface area (Å²) < 4.78 is 8.10. The molecule has 0 radical (unpaired) electrons. The van der Waals surface area contributed by atoms with Crippen molar-refractivity contribution < 1.29 is 4.74 Å². The number of nitrogens with one attached hydrogen (secondary N) is 1. The fraction of sp³-hybridized carbons (Fsp3) is 0.632. The molecule has 2 aliphatic carbocycles. The first-order valence-electron chi connectivity index (χ1n) is 9.82. The summed E-state index contributed by atoms with van der Waals surface area (Å²) in [6.45, 7) is 0.821. The van der Waals surface area contributed by atoms with E-state index in [9.17, 15) is 0 Å². The lowest BCUT2D eigenvalue weighted by molar-refractivity contribution is -0.0409. The van der Waals surface area contributed by atoms with Crippen LogP contribution in [0.15, 0.2) is 11.2 Å². The van der Waals surface area contributed by atoms with Gasteiger partial charge in [-0.05, 0) is 57.1 Å². The molecule has 2 aromatic rings. The second-order valence-electron chi connectivity index (χ2n) is 7.66. The van der Waals surface area contributed by atoms with Gasteiger partial charge in [-0.2, -0.15) is 5.10 Å². The number of anilines is 2. The van der Waals surface area contributed by atoms with E-state index >= 15 is 0 Å². The molecule has 1 atom stereocenters. The van der Waals surface area contributed by atoms with Crippen molar-refractivity contribution in [3.05, 3.63) is 22.5 Å². The summed E-state index contributed by atoms with van der Waals surface area (Å²) in [6, 6.07) is 2.17. The second kappa shape index (κ2) is 7.26. The van der Waals surface area contributed by atoms with Gasteiger partial charge in [-0.3, -0.25) is 0 Å². The van der Waals surface area contributed by atoms with Crippen LogP contribution in [0, 0.1) is 0 Å². The monoisotopic (exact) mass is 405 g/mol. The highest BCUT2D eigenvalue weighted by Gasteiger charge is 2.33. The number of thioether (sulfide) groups is 1. The molecular formula is C19H24ClN5OS. The van der Waals surface area contributed by atoms with E-state index in [0.717, 1.165) is 49.5 Å². The van der Waals surface area contributed by atoms with Crippen LogP contribution in [0.1, 0.15) is 74.3 Å². The van der Waals surface area contributed by atoms with Gasteiger partial charge in [0.05, 0.1) is 0 Å². The van der Waals surface area contributed by atoms with Crippen molar-refractivity contribution >= 4 is 35.0 Å². The lowest BCUT2D eigenvalue weighted by Crippen LogP contribution is -2.20. The molecule has 1 saturated heterocycles. The van der Waals surface area contributed by atoms with Crippen molar-refractivity contribution in [3.8, 4) is 0 Å². The van der Waals surface area contributed by atoms with Gasteiger partial charge in [-0.25, -0.2) is 14.6 Å². The molecule has 1 aliphatic heterocycles. The van der Waals surface area contributed by atoms with Crippen molar-refractivity contribution in [2.75, 3.05) is 18.2 Å². The van der Waals surface area contributed by atoms with Gasteiger partial charge in [-0.15, -0.1) is 0 Å². The molecule has 144 valence electrons. The minimum absolute atomic E-state index is 0.0588. The number of hydrogen-bond acceptors (Lipinski definition) is 6. The predicted octanol–water partition coefficient (Wildman–Crippen LogP) is 5.25. The van der Waals surface area contributed by atoms with Crippen LogP contribution >= 0.6 is 23.4 Å². The van der Waals surface area contributed by atoms with E-state index in [1.807, 2.05) is 6.26 Å². The van der Waals surface area contributed by atoms with Crippen LogP contribution in [0.25, 0.3) is 0 Å². The van der Waals surface area contributed by atoms with Crippen molar-refractivity contribution in [1.29, 1.82) is 0 Å². The average molecular weight is 406 g/mol. The lowest BCUT2D eigenvalue weighted by Gasteiger charge is -2.24. The topological polar surface area (TPSA) is 64.9 Å². The molecule has 0 amide bonds. The molecule has 1 unspecified atom stereocenters. The molecule has 2 saturated carbocycles. The zero-order chi connectivity index (χ0) is 18.4. The first kappa shape index (κ1) is 17.8. The Kier molecular flexibility index (Phi) is 4.78. The molecule has 27 heavy (non-hydrogen) atoms. The summed E-state index contributed by atoms with van der Waals surface area (Å²) in [5.74, 6) is 2.70. The number of ether oxygens (including phenoxy) is 1. The zero-order valence-corrected chi connectivity index (χ0v) is 17.0. The Balaban J connectivity index is 1.48. The van der Waals surface area contributed by atoms with E-state index in [2.05, 4.69) is 21.0 Å². The van der Waals surface area contributed by atoms with Crippen molar-refractivity contribution in [3.63, 3.8) is 0 Å². The van der Waals surface area contributed by atoms with Crippen LogP contribution in [0.3, 0.4) is 0 Å². The van der Waals surface area contributed by atoms with Crippen LogP contribution < -0.4 is 5.32 Å². The van der Waals surface area contributed by atoms with Gasteiger partial charge in [0.2, 0.25) is 0 Å². The minimum Gasteiger partial charge on any atom is -0.357 e. The lowest BCUT2D eigenvalue weighted by atomic mass is 10.2. The van der Waals surface area contributed by atoms with Crippen LogP contribution in [0.5, 0.6) is 0 Å². The highest BCUT2D eigenvalue weighted by molar-refractivity contribution is 7.98. The Labute approximate surface area is 168 Å². The molecule has 0 bridgehead atoms. The molecule has 2 aromatic heterocycles. The van der Waals surface area contributed by atoms with Gasteiger partial charge in [0.1, 0.15) is 11.0 Å². The molecule has 5 rings (SSSR count). The van der Waals surface area contributed by atoms with E-state index in [0.29, 0.717) is 22.1 Å². The maximum absolute atomic E-state index is 6.48. The van der Waals surface area contributed by atoms with Crippen LogP contribution in [0.4, 0.5) is 11.6 Å². The fourth-order valence-electron chi connectivity index (χ4n) is 3.77. The van der Waals surface area contributed by atoms with Crippen molar-refractivity contribution in [1.82, 2.24) is 19.7 Å². The Hall–Kier alpha value is -1.31. The first-order chi connectivity index (χ1) is 13.2. The number of rotatable bonds is 6. The average Bonchev–Trinajstić information content (AvgIpc) is 3.61. The number of aromatic nitrogens is 4. The number of nitrogens with zero attached hydrogens (tertiary/aromatic N) is 4. The van der Waals surface area contributed by atoms with Crippen molar-refractivity contribution in [2.45, 2.75) is 68.2 Å². The van der Waals surface area contributed by atoms with Crippen molar-refractivity contribution in [2.24, 2.45) is 0 Å². The summed E-state index contributed by atoms with van der Waals surface area (Å²) in [6.07, 6.45) is 10.2. The first-order valence-corrected chi connectivity index (χ1v) is 11.4. The third-order valence-corrected chi connectivity index (χ3v) is 6.32. The molecule has 3 fully saturated rings. The maximum Gasteiger partial charge on any atom is 0.190 e. The molecule has 1 N–H and O–H groups in total. The molecule has 8 heteroatoms. The third-order valence-electron chi connectivity index (χ3n) is 5.48. The molecule has 0 aromatic carbocycles. The van der Waals surface area contributed by atoms with Gasteiger partial charge in [0.25, 0.3) is 0 Å². The Morgan fingerprint density at radius 2 is 1.96 bits per heavy atom. The van der Waals surface area contributed by atoms with Crippen LogP contribution in [-0.4, -0.2) is 32.6 Å². The predicted molar refractivity (Wildman–Crippen MR) is 107 cm³/mol. The Morgan fingerprint density at radius 3 is 2.63 bits per heavy atom. The summed E-state index contributed by atoms with van der Waals surface area (Å²) >= 11 is 7.99. The summed E-state index contributed by atoms with van der Waals surface area (Å²) in [5, 5.41) is 9.57. The van der Waals surface area contributed by atoms with Gasteiger partial charge in [-0.1, -0.05) is 23.4 Å². The van der Waals surface area contributed by atoms with E-state index in [1.54, 1.807) is 0 Å². The SMILES string of the molecule is CSc1nc(Cl)c(C2CC2)c(Nc2cc(C3CC3)n(C3CCCCO3)n2)n1. The van der Waals surface area contributed by atoms with E-state index in [-0.39, 0.29) is 6.23 Å². The highest BCUT2D eigenvalue weighted by Crippen LogP contribution is 2.47. The minimum atomic E-state index is 0.0588. The molecule has 3 aliphatic rings. The summed E-state index contributed by atoms with van der Waals surface area (Å²) in [4.78, 5) is 9.12. The van der Waals surface area contributed by atoms with Gasteiger partial charge < -0.3 is 10.1 Å². The highest BCUT2D eigenvalue weighted by atomic mass is 35.5. The molecule has 0 spiro atoms. The number of halogens is 1. The summed E-state index contributed by atoms with van der Waals surface area (Å²) in [7, 11) is 0. The second-order valence-corrected chi connectivity index (χ2v) is 8.79. The molecule has 3 heterocycles. The largest absolute Gasteiger partial charge is 0.357 e. The van der Waals surface area contributed by atoms with E-state index in [4.69, 9.17) is 26.4 Å². The standard InChI is InChI=1S/C19H24ClN5OS/c1-27-19-22-17(20)16(12-7-8-12)18(23-19)21-14-10-13(11-5-6-11)25(24-14)15-4-2-3-9-26-15/h10-12,15H,2-9H2,1H3,(H,21,22,23,24). The number of hydrogen-bond donors (Lipinski definition) is 1. The zero-order valence-electron chi connectivity index (χ0n) is 15.4. The van der Waals surface area contributed by atoms with Gasteiger partial charge in [0, 0.05) is 29.8 Å². The molecular weight excluding hydrogens is 382 g/mol. The van der Waals surface area contributed by atoms with Crippen LogP contribution in [-0.2, 0) is 4.74 Å². The molecule has 6 nitrogen and oxygen atoms in total. The fourth-order valence-corrected chi connectivity index (χ4v) is 4.50. The van der Waals surface area contributed by atoms with E-state index < -0.39 is 0 Å².